The van der Waals surface area contributed by atoms with Crippen LogP contribution in [0.5, 0.6) is 0 Å². The summed E-state index contributed by atoms with van der Waals surface area (Å²) in [5, 5.41) is 10.1. The molecular weight excluding hydrogens is 263 g/mol. The third-order valence-corrected chi connectivity index (χ3v) is 3.41. The Hall–Kier alpha value is -0.650. The van der Waals surface area contributed by atoms with Gasteiger partial charge >= 0.3 is 0 Å². The average Bonchev–Trinajstić information content (AvgIpc) is 2.27. The Morgan fingerprint density at radius 1 is 1.12 bits per heavy atom. The third-order valence-electron chi connectivity index (χ3n) is 3.08. The van der Waals surface area contributed by atoms with E-state index in [0.29, 0.717) is 5.95 Å². The molecule has 17 heavy (non-hydrogen) atoms. The molecule has 0 bridgehead atoms. The van der Waals surface area contributed by atoms with Crippen molar-refractivity contribution in [1.29, 1.82) is 0 Å². The Bertz CT molecular complexity index is 384. The van der Waals surface area contributed by atoms with Crippen LogP contribution in [0.25, 0.3) is 0 Å². The summed E-state index contributed by atoms with van der Waals surface area (Å²) < 4.78 is 0. The predicted octanol–water partition coefficient (Wildman–Crippen LogP) is 1.92. The number of anilines is 1. The highest BCUT2D eigenvalue weighted by Crippen LogP contribution is 2.25. The zero-order valence-electron chi connectivity index (χ0n) is 9.48. The van der Waals surface area contributed by atoms with Crippen LogP contribution in [-0.2, 0) is 0 Å². The number of aromatic nitrogens is 3. The molecule has 0 aromatic carbocycles. The van der Waals surface area contributed by atoms with Gasteiger partial charge in [0.2, 0.25) is 16.5 Å². The van der Waals surface area contributed by atoms with Crippen molar-refractivity contribution in [1.82, 2.24) is 15.0 Å². The molecule has 1 saturated carbocycles. The molecule has 2 atom stereocenters. The molecule has 1 aromatic heterocycles. The fourth-order valence-corrected chi connectivity index (χ4v) is 2.52. The molecule has 0 spiro atoms. The topological polar surface area (TPSA) is 62.1 Å². The molecular formula is C10H14Cl2N4O. The lowest BCUT2D eigenvalue weighted by Gasteiger charge is -2.35. The molecule has 94 valence electrons. The first-order chi connectivity index (χ1) is 8.08. The van der Waals surface area contributed by atoms with Crippen LogP contribution >= 0.6 is 23.2 Å². The van der Waals surface area contributed by atoms with Crippen LogP contribution in [0, 0.1) is 0 Å². The number of nitrogens with zero attached hydrogens (tertiary/aromatic N) is 4. The number of likely N-dealkylation sites (N-methyl/N-ethyl adjacent to an activating group) is 1. The molecule has 2 unspecified atom stereocenters. The van der Waals surface area contributed by atoms with E-state index in [1.165, 1.54) is 0 Å². The van der Waals surface area contributed by atoms with Crippen LogP contribution in [0.4, 0.5) is 5.95 Å². The maximum absolute atomic E-state index is 9.96. The summed E-state index contributed by atoms with van der Waals surface area (Å²) in [6.45, 7) is 0. The Morgan fingerprint density at radius 3 is 2.29 bits per heavy atom. The summed E-state index contributed by atoms with van der Waals surface area (Å²) in [5.74, 6) is 0.404. The molecule has 0 amide bonds. The van der Waals surface area contributed by atoms with Gasteiger partial charge in [0.05, 0.1) is 12.1 Å². The Labute approximate surface area is 110 Å². The number of aliphatic hydroxyl groups is 1. The standard InChI is InChI=1S/C10H14Cl2N4O/c1-16(6-4-2-3-5-7(6)17)10-14-8(11)13-9(12)15-10/h6-7,17H,2-5H2,1H3. The Kier molecular flexibility index (Phi) is 4.01. The summed E-state index contributed by atoms with van der Waals surface area (Å²) in [4.78, 5) is 13.6. The van der Waals surface area contributed by atoms with E-state index in [0.717, 1.165) is 25.7 Å². The number of hydrogen-bond acceptors (Lipinski definition) is 5. The SMILES string of the molecule is CN(c1nc(Cl)nc(Cl)n1)C1CCCCC1O. The molecule has 5 nitrogen and oxygen atoms in total. The number of hydrogen-bond donors (Lipinski definition) is 1. The fourth-order valence-electron chi connectivity index (χ4n) is 2.17. The first-order valence-corrected chi connectivity index (χ1v) is 6.31. The Morgan fingerprint density at radius 2 is 1.71 bits per heavy atom. The highest BCUT2D eigenvalue weighted by Gasteiger charge is 2.28. The van der Waals surface area contributed by atoms with E-state index in [1.807, 2.05) is 11.9 Å². The van der Waals surface area contributed by atoms with Crippen molar-refractivity contribution >= 4 is 29.2 Å². The highest BCUT2D eigenvalue weighted by molar-refractivity contribution is 6.31. The molecule has 1 fully saturated rings. The van der Waals surface area contributed by atoms with E-state index >= 15 is 0 Å². The second-order valence-electron chi connectivity index (χ2n) is 4.20. The highest BCUT2D eigenvalue weighted by atomic mass is 35.5. The summed E-state index contributed by atoms with van der Waals surface area (Å²) in [7, 11) is 1.83. The van der Waals surface area contributed by atoms with Crippen molar-refractivity contribution in [2.45, 2.75) is 37.8 Å². The lowest BCUT2D eigenvalue weighted by Crippen LogP contribution is -2.44. The van der Waals surface area contributed by atoms with Crippen molar-refractivity contribution in [3.8, 4) is 0 Å². The van der Waals surface area contributed by atoms with E-state index in [2.05, 4.69) is 15.0 Å². The van der Waals surface area contributed by atoms with Gasteiger partial charge in [0, 0.05) is 7.05 Å². The molecule has 0 radical (unpaired) electrons. The monoisotopic (exact) mass is 276 g/mol. The van der Waals surface area contributed by atoms with Crippen molar-refractivity contribution in [3.63, 3.8) is 0 Å². The molecule has 1 aliphatic rings. The third kappa shape index (κ3) is 2.97. The van der Waals surface area contributed by atoms with Gasteiger partial charge in [-0.2, -0.15) is 15.0 Å². The first kappa shape index (κ1) is 12.8. The lowest BCUT2D eigenvalue weighted by molar-refractivity contribution is 0.105. The zero-order valence-corrected chi connectivity index (χ0v) is 11.0. The van der Waals surface area contributed by atoms with Crippen LogP contribution in [0.2, 0.25) is 10.6 Å². The van der Waals surface area contributed by atoms with Crippen molar-refractivity contribution < 1.29 is 5.11 Å². The normalized spacial score (nSPS) is 24.7. The minimum absolute atomic E-state index is 0.0123. The van der Waals surface area contributed by atoms with E-state index in [4.69, 9.17) is 23.2 Å². The van der Waals surface area contributed by atoms with E-state index in [9.17, 15) is 5.11 Å². The largest absolute Gasteiger partial charge is 0.391 e. The number of halogens is 2. The molecule has 7 heteroatoms. The average molecular weight is 277 g/mol. The van der Waals surface area contributed by atoms with Crippen LogP contribution in [0.3, 0.4) is 0 Å². The fraction of sp³-hybridized carbons (Fsp3) is 0.700. The molecule has 2 rings (SSSR count). The zero-order chi connectivity index (χ0) is 12.4. The molecule has 1 N–H and O–H groups in total. The molecule has 1 aromatic rings. The maximum Gasteiger partial charge on any atom is 0.231 e. The second kappa shape index (κ2) is 5.33. The van der Waals surface area contributed by atoms with Crippen molar-refractivity contribution in [2.24, 2.45) is 0 Å². The number of rotatable bonds is 2. The summed E-state index contributed by atoms with van der Waals surface area (Å²) >= 11 is 11.5. The van der Waals surface area contributed by atoms with Crippen LogP contribution in [-0.4, -0.2) is 39.3 Å². The van der Waals surface area contributed by atoms with Gasteiger partial charge in [0.15, 0.2) is 0 Å². The second-order valence-corrected chi connectivity index (χ2v) is 4.88. The van der Waals surface area contributed by atoms with Crippen LogP contribution in [0.1, 0.15) is 25.7 Å². The molecule has 0 aliphatic heterocycles. The van der Waals surface area contributed by atoms with Gasteiger partial charge in [-0.15, -0.1) is 0 Å². The number of aliphatic hydroxyl groups excluding tert-OH is 1. The smallest absolute Gasteiger partial charge is 0.231 e. The quantitative estimate of drug-likeness (QED) is 0.894. The summed E-state index contributed by atoms with van der Waals surface area (Å²) in [5.41, 5.74) is 0. The van der Waals surface area contributed by atoms with Crippen molar-refractivity contribution in [3.05, 3.63) is 10.6 Å². The minimum Gasteiger partial charge on any atom is -0.391 e. The van der Waals surface area contributed by atoms with E-state index in [-0.39, 0.29) is 22.7 Å². The van der Waals surface area contributed by atoms with Crippen LogP contribution in [0.15, 0.2) is 0 Å². The Balaban J connectivity index is 2.20. The van der Waals surface area contributed by atoms with Gasteiger partial charge in [-0.05, 0) is 36.0 Å². The van der Waals surface area contributed by atoms with E-state index in [1.54, 1.807) is 0 Å². The van der Waals surface area contributed by atoms with E-state index < -0.39 is 0 Å². The van der Waals surface area contributed by atoms with Gasteiger partial charge in [0.1, 0.15) is 0 Å². The van der Waals surface area contributed by atoms with Gasteiger partial charge in [-0.25, -0.2) is 0 Å². The van der Waals surface area contributed by atoms with Gasteiger partial charge < -0.3 is 10.0 Å². The van der Waals surface area contributed by atoms with Crippen molar-refractivity contribution in [2.75, 3.05) is 11.9 Å². The molecule has 1 heterocycles. The predicted molar refractivity (Wildman–Crippen MR) is 66.5 cm³/mol. The van der Waals surface area contributed by atoms with Crippen LogP contribution < -0.4 is 4.90 Å². The van der Waals surface area contributed by atoms with Gasteiger partial charge in [-0.1, -0.05) is 12.8 Å². The summed E-state index contributed by atoms with van der Waals surface area (Å²) in [6, 6.07) is 0.0123. The minimum atomic E-state index is -0.358. The van der Waals surface area contributed by atoms with Gasteiger partial charge in [-0.3, -0.25) is 0 Å². The molecule has 1 aliphatic carbocycles. The first-order valence-electron chi connectivity index (χ1n) is 5.56. The van der Waals surface area contributed by atoms with Gasteiger partial charge in [0.25, 0.3) is 0 Å². The summed E-state index contributed by atoms with van der Waals surface area (Å²) in [6.07, 6.45) is 3.52. The molecule has 0 saturated heterocycles. The maximum atomic E-state index is 9.96. The lowest BCUT2D eigenvalue weighted by atomic mass is 9.92.